The lowest BCUT2D eigenvalue weighted by Crippen LogP contribution is -2.10. The van der Waals surface area contributed by atoms with Crippen molar-refractivity contribution in [3.63, 3.8) is 0 Å². The van der Waals surface area contributed by atoms with Crippen LogP contribution in [0.4, 0.5) is 17.1 Å². The van der Waals surface area contributed by atoms with E-state index in [1.54, 1.807) is 0 Å². The number of para-hydroxylation sites is 2. The first-order valence-electron chi connectivity index (χ1n) is 18.7. The van der Waals surface area contributed by atoms with Crippen LogP contribution in [0.2, 0.25) is 0 Å². The van der Waals surface area contributed by atoms with Gasteiger partial charge in [-0.15, -0.1) is 0 Å². The third kappa shape index (κ3) is 5.28. The lowest BCUT2D eigenvalue weighted by atomic mass is 9.99. The molecule has 55 heavy (non-hydrogen) atoms. The molecule has 3 nitrogen and oxygen atoms in total. The monoisotopic (exact) mass is 703 g/mol. The maximum Gasteiger partial charge on any atom is 0.143 e. The van der Waals surface area contributed by atoms with Gasteiger partial charge in [0, 0.05) is 33.1 Å². The van der Waals surface area contributed by atoms with Gasteiger partial charge >= 0.3 is 0 Å². The molecule has 0 aliphatic heterocycles. The molecule has 0 atom stereocenters. The minimum absolute atomic E-state index is 0.865. The first kappa shape index (κ1) is 31.2. The van der Waals surface area contributed by atoms with Gasteiger partial charge in [0.15, 0.2) is 0 Å². The fraction of sp³-hybridized carbons (Fsp3) is 0. The molecular weight excluding hydrogens is 671 g/mol. The van der Waals surface area contributed by atoms with Crippen LogP contribution in [-0.4, -0.2) is 0 Å². The normalized spacial score (nSPS) is 11.6. The topological polar surface area (TPSA) is 29.5 Å². The van der Waals surface area contributed by atoms with E-state index in [0.29, 0.717) is 0 Å². The number of hydrogen-bond donors (Lipinski definition) is 0. The van der Waals surface area contributed by atoms with Gasteiger partial charge in [0.25, 0.3) is 0 Å². The molecule has 3 heteroatoms. The standard InChI is InChI=1S/C52H33NO2/c1-2-11-37(12-3-1)43-15-8-16-44-46-33-40(26-31-49(46)55-52(43)44)36-24-29-42(30-25-36)53(47-17-9-19-50-51(47)45-14-6-7-18-48(45)54-50)41-27-22-35(23-28-41)39-21-20-34-10-4-5-13-38(34)32-39/h1-33H. The Labute approximate surface area is 317 Å². The molecular formula is C52H33NO2. The van der Waals surface area contributed by atoms with Crippen LogP contribution in [-0.2, 0) is 0 Å². The fourth-order valence-corrected chi connectivity index (χ4v) is 8.17. The van der Waals surface area contributed by atoms with Crippen LogP contribution in [0.25, 0.3) is 88.0 Å². The Morgan fingerprint density at radius 1 is 0.327 bits per heavy atom. The minimum atomic E-state index is 0.865. The molecule has 9 aromatic carbocycles. The van der Waals surface area contributed by atoms with Crippen LogP contribution >= 0.6 is 0 Å². The summed E-state index contributed by atoms with van der Waals surface area (Å²) in [5, 5.41) is 6.90. The van der Waals surface area contributed by atoms with Crippen LogP contribution in [0.15, 0.2) is 209 Å². The van der Waals surface area contributed by atoms with E-state index in [1.165, 1.54) is 21.9 Å². The van der Waals surface area contributed by atoms with Crippen molar-refractivity contribution in [1.82, 2.24) is 0 Å². The van der Waals surface area contributed by atoms with Gasteiger partial charge in [-0.1, -0.05) is 140 Å². The molecule has 0 spiro atoms. The molecule has 11 aromatic rings. The van der Waals surface area contributed by atoms with Gasteiger partial charge < -0.3 is 13.7 Å². The highest BCUT2D eigenvalue weighted by Gasteiger charge is 2.20. The number of benzene rings is 9. The van der Waals surface area contributed by atoms with E-state index in [1.807, 2.05) is 18.2 Å². The molecule has 0 aliphatic carbocycles. The summed E-state index contributed by atoms with van der Waals surface area (Å²) in [4.78, 5) is 2.34. The van der Waals surface area contributed by atoms with Gasteiger partial charge in [0.1, 0.15) is 22.3 Å². The molecule has 2 heterocycles. The van der Waals surface area contributed by atoms with E-state index in [2.05, 4.69) is 187 Å². The Balaban J connectivity index is 1.01. The SMILES string of the molecule is c1ccc(-c2cccc3c2oc2ccc(-c4ccc(N(c5ccc(-c6ccc7ccccc7c6)cc5)c5cccc6oc7ccccc7c56)cc4)cc23)cc1. The highest BCUT2D eigenvalue weighted by Crippen LogP contribution is 2.44. The summed E-state index contributed by atoms with van der Waals surface area (Å²) in [6.07, 6.45) is 0. The Hall–Kier alpha value is -7.36. The van der Waals surface area contributed by atoms with Gasteiger partial charge in [0.05, 0.1) is 11.1 Å². The molecule has 0 saturated heterocycles. The summed E-state index contributed by atoms with van der Waals surface area (Å²) in [6, 6.07) is 71.0. The van der Waals surface area contributed by atoms with Crippen molar-refractivity contribution in [3.8, 4) is 33.4 Å². The third-order valence-electron chi connectivity index (χ3n) is 10.9. The Kier molecular flexibility index (Phi) is 7.17. The van der Waals surface area contributed by atoms with Crippen molar-refractivity contribution in [3.05, 3.63) is 200 Å². The minimum Gasteiger partial charge on any atom is -0.456 e. The molecule has 0 unspecified atom stereocenters. The maximum absolute atomic E-state index is 6.48. The maximum atomic E-state index is 6.48. The summed E-state index contributed by atoms with van der Waals surface area (Å²) in [6.45, 7) is 0. The van der Waals surface area contributed by atoms with E-state index < -0.39 is 0 Å². The zero-order valence-electron chi connectivity index (χ0n) is 29.8. The largest absolute Gasteiger partial charge is 0.456 e. The summed E-state index contributed by atoms with van der Waals surface area (Å²) in [7, 11) is 0. The highest BCUT2D eigenvalue weighted by atomic mass is 16.3. The van der Waals surface area contributed by atoms with Crippen molar-refractivity contribution in [2.75, 3.05) is 4.90 Å². The van der Waals surface area contributed by atoms with Crippen molar-refractivity contribution >= 4 is 71.7 Å². The number of hydrogen-bond acceptors (Lipinski definition) is 3. The van der Waals surface area contributed by atoms with E-state index in [0.717, 1.165) is 83.2 Å². The molecule has 0 saturated carbocycles. The van der Waals surface area contributed by atoms with Gasteiger partial charge in [-0.25, -0.2) is 0 Å². The summed E-state index contributed by atoms with van der Waals surface area (Å²) >= 11 is 0. The van der Waals surface area contributed by atoms with E-state index in [-0.39, 0.29) is 0 Å². The number of nitrogens with zero attached hydrogens (tertiary/aromatic N) is 1. The van der Waals surface area contributed by atoms with Crippen molar-refractivity contribution in [1.29, 1.82) is 0 Å². The predicted molar refractivity (Wildman–Crippen MR) is 229 cm³/mol. The van der Waals surface area contributed by atoms with Crippen LogP contribution in [0, 0.1) is 0 Å². The zero-order valence-corrected chi connectivity index (χ0v) is 29.8. The first-order valence-corrected chi connectivity index (χ1v) is 18.7. The van der Waals surface area contributed by atoms with Gasteiger partial charge in [-0.3, -0.25) is 0 Å². The quantitative estimate of drug-likeness (QED) is 0.173. The first-order chi connectivity index (χ1) is 27.2. The van der Waals surface area contributed by atoms with E-state index in [9.17, 15) is 0 Å². The fourth-order valence-electron chi connectivity index (χ4n) is 8.17. The molecule has 11 rings (SSSR count). The molecule has 0 radical (unpaired) electrons. The molecule has 258 valence electrons. The van der Waals surface area contributed by atoms with E-state index in [4.69, 9.17) is 8.83 Å². The Morgan fingerprint density at radius 2 is 0.927 bits per heavy atom. The third-order valence-corrected chi connectivity index (χ3v) is 10.9. The second kappa shape index (κ2) is 12.6. The molecule has 0 aliphatic rings. The number of furan rings is 2. The van der Waals surface area contributed by atoms with Gasteiger partial charge in [0.2, 0.25) is 0 Å². The van der Waals surface area contributed by atoms with Crippen molar-refractivity contribution in [2.24, 2.45) is 0 Å². The lowest BCUT2D eigenvalue weighted by Gasteiger charge is -2.26. The Bertz CT molecular complexity index is 3190. The molecule has 0 amide bonds. The second-order valence-corrected chi connectivity index (χ2v) is 14.1. The van der Waals surface area contributed by atoms with Crippen LogP contribution in [0.3, 0.4) is 0 Å². The van der Waals surface area contributed by atoms with Crippen LogP contribution in [0.5, 0.6) is 0 Å². The van der Waals surface area contributed by atoms with Crippen LogP contribution in [0.1, 0.15) is 0 Å². The predicted octanol–water partition coefficient (Wildman–Crippen LogP) is 15.1. The number of rotatable bonds is 6. The zero-order chi connectivity index (χ0) is 36.3. The molecule has 2 aromatic heterocycles. The number of fused-ring (bicyclic) bond motifs is 7. The smallest absolute Gasteiger partial charge is 0.143 e. The van der Waals surface area contributed by atoms with Crippen molar-refractivity contribution in [2.45, 2.75) is 0 Å². The average Bonchev–Trinajstić information content (AvgIpc) is 3.83. The molecule has 0 N–H and O–H groups in total. The van der Waals surface area contributed by atoms with Gasteiger partial charge in [-0.2, -0.15) is 0 Å². The second-order valence-electron chi connectivity index (χ2n) is 14.1. The van der Waals surface area contributed by atoms with Gasteiger partial charge in [-0.05, 0) is 99.3 Å². The molecule has 0 fully saturated rings. The van der Waals surface area contributed by atoms with Crippen LogP contribution < -0.4 is 4.90 Å². The lowest BCUT2D eigenvalue weighted by molar-refractivity contribution is 0.669. The Morgan fingerprint density at radius 3 is 1.73 bits per heavy atom. The summed E-state index contributed by atoms with van der Waals surface area (Å²) in [5.41, 5.74) is 13.6. The summed E-state index contributed by atoms with van der Waals surface area (Å²) < 4.78 is 12.8. The van der Waals surface area contributed by atoms with Crippen molar-refractivity contribution < 1.29 is 8.83 Å². The molecule has 0 bridgehead atoms. The average molecular weight is 704 g/mol. The number of anilines is 3. The van der Waals surface area contributed by atoms with E-state index >= 15 is 0 Å². The summed E-state index contributed by atoms with van der Waals surface area (Å²) in [5.74, 6) is 0. The highest BCUT2D eigenvalue weighted by molar-refractivity contribution is 6.14.